The second-order valence-corrected chi connectivity index (χ2v) is 11.1. The number of nitrogens with zero attached hydrogens (tertiary/aromatic N) is 1. The lowest BCUT2D eigenvalue weighted by Crippen LogP contribution is -2.62. The number of halogens is 2. The Morgan fingerprint density at radius 1 is 1.29 bits per heavy atom. The Balaban J connectivity index is 1.41. The van der Waals surface area contributed by atoms with Gasteiger partial charge in [0.05, 0.1) is 11.3 Å². The Bertz CT molecular complexity index is 975. The van der Waals surface area contributed by atoms with E-state index < -0.39 is 6.17 Å². The normalized spacial score (nSPS) is 31.1. The van der Waals surface area contributed by atoms with E-state index in [1.165, 1.54) is 6.92 Å². The number of ether oxygens (including phenoxy) is 1. The van der Waals surface area contributed by atoms with Crippen molar-refractivity contribution in [2.24, 2.45) is 11.8 Å². The molecule has 10 heteroatoms. The molecule has 6 atom stereocenters. The van der Waals surface area contributed by atoms with Crippen molar-refractivity contribution >= 4 is 41.0 Å². The SMILES string of the molecule is CC(=O)O[C@@H]1CCN(C2CC3C(=O)NC(c4cc(CNC(=O)C(C)C)ccc4Cl)NC3CC2Cl)C1. The number of likely N-dealkylation sites (tertiary alicyclic amines) is 1. The Morgan fingerprint density at radius 3 is 2.77 bits per heavy atom. The maximum atomic E-state index is 13.2. The first-order chi connectivity index (χ1) is 16.6. The smallest absolute Gasteiger partial charge is 0.302 e. The number of hydrogen-bond acceptors (Lipinski definition) is 6. The third-order valence-corrected chi connectivity index (χ3v) is 8.04. The lowest BCUT2D eigenvalue weighted by Gasteiger charge is -2.46. The minimum Gasteiger partial charge on any atom is -0.461 e. The number of carbonyl (C=O) groups is 3. The highest BCUT2D eigenvalue weighted by Gasteiger charge is 2.47. The van der Waals surface area contributed by atoms with Crippen LogP contribution >= 0.6 is 23.2 Å². The Hall–Kier alpha value is -1.87. The van der Waals surface area contributed by atoms with Gasteiger partial charge in [-0.1, -0.05) is 31.5 Å². The molecule has 5 unspecified atom stereocenters. The molecular weight excluding hydrogens is 491 g/mol. The molecule has 0 bridgehead atoms. The van der Waals surface area contributed by atoms with E-state index in [1.807, 2.05) is 26.0 Å². The summed E-state index contributed by atoms with van der Waals surface area (Å²) in [6.45, 7) is 6.97. The second-order valence-electron chi connectivity index (χ2n) is 10.1. The van der Waals surface area contributed by atoms with Crippen molar-refractivity contribution < 1.29 is 19.1 Å². The van der Waals surface area contributed by atoms with E-state index in [9.17, 15) is 14.4 Å². The van der Waals surface area contributed by atoms with Crippen LogP contribution in [0.15, 0.2) is 18.2 Å². The predicted octanol–water partition coefficient (Wildman–Crippen LogP) is 2.72. The first-order valence-electron chi connectivity index (χ1n) is 12.3. The summed E-state index contributed by atoms with van der Waals surface area (Å²) in [5, 5.41) is 9.98. The minimum absolute atomic E-state index is 0.0161. The van der Waals surface area contributed by atoms with E-state index in [4.69, 9.17) is 27.9 Å². The maximum absolute atomic E-state index is 13.2. The van der Waals surface area contributed by atoms with Gasteiger partial charge < -0.3 is 15.4 Å². The van der Waals surface area contributed by atoms with Crippen LogP contribution in [0.1, 0.15) is 57.3 Å². The zero-order valence-electron chi connectivity index (χ0n) is 20.4. The number of amides is 2. The summed E-state index contributed by atoms with van der Waals surface area (Å²) in [6, 6.07) is 5.57. The molecule has 2 saturated heterocycles. The van der Waals surface area contributed by atoms with Gasteiger partial charge in [-0.2, -0.15) is 0 Å². The quantitative estimate of drug-likeness (QED) is 0.390. The summed E-state index contributed by atoms with van der Waals surface area (Å²) in [4.78, 5) is 38.7. The van der Waals surface area contributed by atoms with Gasteiger partial charge in [-0.05, 0) is 37.0 Å². The van der Waals surface area contributed by atoms with Crippen molar-refractivity contribution in [1.82, 2.24) is 20.9 Å². The van der Waals surface area contributed by atoms with Gasteiger partial charge in [-0.25, -0.2) is 0 Å². The summed E-state index contributed by atoms with van der Waals surface area (Å²) in [5.41, 5.74) is 1.68. The zero-order chi connectivity index (χ0) is 25.3. The summed E-state index contributed by atoms with van der Waals surface area (Å²) in [7, 11) is 0. The first kappa shape index (κ1) is 26.2. The lowest BCUT2D eigenvalue weighted by atomic mass is 9.78. The van der Waals surface area contributed by atoms with Gasteiger partial charge in [0, 0.05) is 55.1 Å². The molecular formula is C25H34Cl2N4O4. The topological polar surface area (TPSA) is 99.8 Å². The van der Waals surface area contributed by atoms with E-state index in [-0.39, 0.29) is 53.2 Å². The number of benzene rings is 1. The third-order valence-electron chi connectivity index (χ3n) is 7.22. The number of esters is 1. The molecule has 1 aromatic rings. The monoisotopic (exact) mass is 524 g/mol. The van der Waals surface area contributed by atoms with Crippen molar-refractivity contribution in [2.45, 2.75) is 76.3 Å². The predicted molar refractivity (Wildman–Crippen MR) is 134 cm³/mol. The average Bonchev–Trinajstić information content (AvgIpc) is 3.25. The van der Waals surface area contributed by atoms with Crippen LogP contribution in [0.3, 0.4) is 0 Å². The highest BCUT2D eigenvalue weighted by atomic mass is 35.5. The largest absolute Gasteiger partial charge is 0.461 e. The molecule has 3 N–H and O–H groups in total. The summed E-state index contributed by atoms with van der Waals surface area (Å²) in [5.74, 6) is -0.598. The van der Waals surface area contributed by atoms with Crippen LogP contribution in [0.2, 0.25) is 5.02 Å². The van der Waals surface area contributed by atoms with Crippen LogP contribution < -0.4 is 16.0 Å². The molecule has 3 fully saturated rings. The maximum Gasteiger partial charge on any atom is 0.302 e. The number of fused-ring (bicyclic) bond motifs is 1. The molecule has 192 valence electrons. The van der Waals surface area contributed by atoms with Gasteiger partial charge in [0.25, 0.3) is 0 Å². The van der Waals surface area contributed by atoms with Gasteiger partial charge in [0.15, 0.2) is 0 Å². The fraction of sp³-hybridized carbons (Fsp3) is 0.640. The molecule has 1 saturated carbocycles. The fourth-order valence-corrected chi connectivity index (χ4v) is 6.04. The third kappa shape index (κ3) is 6.10. The van der Waals surface area contributed by atoms with Crippen LogP contribution in [-0.4, -0.2) is 59.3 Å². The number of nitrogens with one attached hydrogen (secondary N) is 3. The van der Waals surface area contributed by atoms with Crippen LogP contribution in [-0.2, 0) is 25.7 Å². The Morgan fingerprint density at radius 2 is 2.06 bits per heavy atom. The second kappa shape index (κ2) is 11.0. The van der Waals surface area contributed by atoms with Crippen LogP contribution in [0.5, 0.6) is 0 Å². The highest BCUT2D eigenvalue weighted by molar-refractivity contribution is 6.31. The molecule has 0 aromatic heterocycles. The molecule has 1 aromatic carbocycles. The molecule has 2 amide bonds. The zero-order valence-corrected chi connectivity index (χ0v) is 21.9. The Kier molecular flexibility index (Phi) is 8.26. The summed E-state index contributed by atoms with van der Waals surface area (Å²) >= 11 is 13.3. The molecule has 0 spiro atoms. The van der Waals surface area contributed by atoms with E-state index >= 15 is 0 Å². The van der Waals surface area contributed by atoms with Crippen molar-refractivity contribution in [2.75, 3.05) is 13.1 Å². The average molecular weight is 525 g/mol. The molecule has 8 nitrogen and oxygen atoms in total. The standard InChI is InChI=1S/C25H34Cl2N4O4/c1-13(2)24(33)28-11-15-4-5-19(26)17(8-15)23-29-21-10-20(27)22(9-18(21)25(34)30-23)31-7-6-16(12-31)35-14(3)32/h4-5,8,13,16,18,20-23,29H,6-7,9-12H2,1-3H3,(H,28,33)(H,30,34)/t16-,18?,20?,21?,22?,23?/m1/s1. The molecule has 2 heterocycles. The van der Waals surface area contributed by atoms with E-state index in [0.717, 1.165) is 24.1 Å². The van der Waals surface area contributed by atoms with Gasteiger partial charge in [-0.3, -0.25) is 24.6 Å². The molecule has 4 rings (SSSR count). The highest BCUT2D eigenvalue weighted by Crippen LogP contribution is 2.37. The molecule has 1 aliphatic carbocycles. The van der Waals surface area contributed by atoms with Crippen LogP contribution in [0.4, 0.5) is 0 Å². The number of alkyl halides is 1. The number of hydrogen-bond donors (Lipinski definition) is 3. The van der Waals surface area contributed by atoms with Gasteiger partial charge in [0.1, 0.15) is 12.3 Å². The Labute approximate surface area is 216 Å². The molecule has 2 aliphatic heterocycles. The molecule has 35 heavy (non-hydrogen) atoms. The lowest BCUT2D eigenvalue weighted by molar-refractivity contribution is -0.145. The van der Waals surface area contributed by atoms with Crippen molar-refractivity contribution in [3.05, 3.63) is 34.3 Å². The number of rotatable bonds is 6. The van der Waals surface area contributed by atoms with E-state index in [1.54, 1.807) is 6.07 Å². The fourth-order valence-electron chi connectivity index (χ4n) is 5.36. The van der Waals surface area contributed by atoms with Crippen molar-refractivity contribution in [3.8, 4) is 0 Å². The molecule has 0 radical (unpaired) electrons. The van der Waals surface area contributed by atoms with E-state index in [0.29, 0.717) is 31.0 Å². The van der Waals surface area contributed by atoms with Crippen LogP contribution in [0.25, 0.3) is 0 Å². The summed E-state index contributed by atoms with van der Waals surface area (Å²) in [6.07, 6.45) is 1.53. The van der Waals surface area contributed by atoms with Crippen LogP contribution in [0, 0.1) is 11.8 Å². The minimum atomic E-state index is -0.433. The van der Waals surface area contributed by atoms with Crippen molar-refractivity contribution in [3.63, 3.8) is 0 Å². The van der Waals surface area contributed by atoms with Gasteiger partial charge in [0.2, 0.25) is 11.8 Å². The van der Waals surface area contributed by atoms with Gasteiger partial charge >= 0.3 is 5.97 Å². The number of carbonyl (C=O) groups excluding carboxylic acids is 3. The van der Waals surface area contributed by atoms with Gasteiger partial charge in [-0.15, -0.1) is 11.6 Å². The van der Waals surface area contributed by atoms with E-state index in [2.05, 4.69) is 20.9 Å². The molecule has 3 aliphatic rings. The summed E-state index contributed by atoms with van der Waals surface area (Å²) < 4.78 is 5.37. The first-order valence-corrected chi connectivity index (χ1v) is 13.1. The van der Waals surface area contributed by atoms with Crippen molar-refractivity contribution in [1.29, 1.82) is 0 Å².